The summed E-state index contributed by atoms with van der Waals surface area (Å²) in [5.41, 5.74) is 2.62. The highest BCUT2D eigenvalue weighted by Gasteiger charge is 2.20. The van der Waals surface area contributed by atoms with Crippen molar-refractivity contribution < 1.29 is 19.0 Å². The predicted molar refractivity (Wildman–Crippen MR) is 146 cm³/mol. The second kappa shape index (κ2) is 12.5. The van der Waals surface area contributed by atoms with Gasteiger partial charge in [0.2, 0.25) is 11.7 Å². The van der Waals surface area contributed by atoms with Gasteiger partial charge in [-0.1, -0.05) is 53.7 Å². The molecule has 0 radical (unpaired) electrons. The number of benzene rings is 3. The Morgan fingerprint density at radius 3 is 2.24 bits per heavy atom. The molecule has 0 atom stereocenters. The van der Waals surface area contributed by atoms with Gasteiger partial charge in [0.05, 0.1) is 27.1 Å². The van der Waals surface area contributed by atoms with E-state index in [2.05, 4.69) is 27.6 Å². The van der Waals surface area contributed by atoms with Gasteiger partial charge in [-0.3, -0.25) is 4.79 Å². The van der Waals surface area contributed by atoms with Gasteiger partial charge in [-0.2, -0.15) is 0 Å². The molecule has 10 heteroatoms. The number of nitrogens with zero attached hydrogens (tertiary/aromatic N) is 3. The standard InChI is InChI=1S/C27H27ClN4O4S/c1-34-22-15-19(16-23(35-2)25(22)36-3)26-30-31-27(32(26)14-13-18-7-5-4-6-8-18)37-17-24(33)29-21-11-9-20(28)10-12-21/h4-12,15-16H,13-14,17H2,1-3H3,(H,29,33). The van der Waals surface area contributed by atoms with Crippen LogP contribution in [0.3, 0.4) is 0 Å². The molecule has 3 aromatic carbocycles. The minimum Gasteiger partial charge on any atom is -0.493 e. The SMILES string of the molecule is COc1cc(-c2nnc(SCC(=O)Nc3ccc(Cl)cc3)n2CCc2ccccc2)cc(OC)c1OC. The maximum atomic E-state index is 12.6. The lowest BCUT2D eigenvalue weighted by molar-refractivity contribution is -0.113. The number of carbonyl (C=O) groups is 1. The van der Waals surface area contributed by atoms with Crippen LogP contribution in [0.1, 0.15) is 5.56 Å². The Kier molecular flexibility index (Phi) is 8.92. The number of aryl methyl sites for hydroxylation is 1. The predicted octanol–water partition coefficient (Wildman–Crippen LogP) is 5.60. The fraction of sp³-hybridized carbons (Fsp3) is 0.222. The van der Waals surface area contributed by atoms with E-state index >= 15 is 0 Å². The van der Waals surface area contributed by atoms with Crippen LogP contribution >= 0.6 is 23.4 Å². The first kappa shape index (κ1) is 26.4. The van der Waals surface area contributed by atoms with Crippen molar-refractivity contribution in [1.82, 2.24) is 14.8 Å². The van der Waals surface area contributed by atoms with Gasteiger partial charge < -0.3 is 24.1 Å². The fourth-order valence-corrected chi connectivity index (χ4v) is 4.66. The van der Waals surface area contributed by atoms with Crippen LogP contribution in [0.25, 0.3) is 11.4 Å². The average molecular weight is 539 g/mol. The van der Waals surface area contributed by atoms with E-state index in [4.69, 9.17) is 25.8 Å². The Bertz CT molecular complexity index is 1320. The van der Waals surface area contributed by atoms with Crippen molar-refractivity contribution in [3.05, 3.63) is 77.3 Å². The highest BCUT2D eigenvalue weighted by atomic mass is 35.5. The maximum Gasteiger partial charge on any atom is 0.234 e. The topological polar surface area (TPSA) is 87.5 Å². The average Bonchev–Trinajstić information content (AvgIpc) is 3.34. The maximum absolute atomic E-state index is 12.6. The molecule has 8 nitrogen and oxygen atoms in total. The number of hydrogen-bond acceptors (Lipinski definition) is 7. The van der Waals surface area contributed by atoms with E-state index in [0.29, 0.717) is 45.5 Å². The minimum atomic E-state index is -0.153. The molecular formula is C27H27ClN4O4S. The highest BCUT2D eigenvalue weighted by Crippen LogP contribution is 2.41. The third kappa shape index (κ3) is 6.55. The van der Waals surface area contributed by atoms with E-state index < -0.39 is 0 Å². The smallest absolute Gasteiger partial charge is 0.234 e. The summed E-state index contributed by atoms with van der Waals surface area (Å²) in [7, 11) is 4.70. The molecule has 0 spiro atoms. The number of carbonyl (C=O) groups excluding carboxylic acids is 1. The molecule has 0 fully saturated rings. The minimum absolute atomic E-state index is 0.153. The van der Waals surface area contributed by atoms with E-state index in [1.54, 1.807) is 45.6 Å². The van der Waals surface area contributed by atoms with Gasteiger partial charge >= 0.3 is 0 Å². The van der Waals surface area contributed by atoms with Gasteiger partial charge in [-0.15, -0.1) is 10.2 Å². The van der Waals surface area contributed by atoms with Gasteiger partial charge in [0.25, 0.3) is 0 Å². The molecule has 4 rings (SSSR count). The molecule has 4 aromatic rings. The number of anilines is 1. The summed E-state index contributed by atoms with van der Waals surface area (Å²) in [6.07, 6.45) is 0.765. The quantitative estimate of drug-likeness (QED) is 0.249. The van der Waals surface area contributed by atoms with Crippen LogP contribution in [0.5, 0.6) is 17.2 Å². The number of rotatable bonds is 11. The summed E-state index contributed by atoms with van der Waals surface area (Å²) < 4.78 is 18.5. The molecular weight excluding hydrogens is 512 g/mol. The molecule has 0 unspecified atom stereocenters. The number of halogens is 1. The van der Waals surface area contributed by atoms with Crippen LogP contribution in [-0.4, -0.2) is 47.8 Å². The summed E-state index contributed by atoms with van der Waals surface area (Å²) in [5, 5.41) is 13.0. The number of ether oxygens (including phenoxy) is 3. The second-order valence-corrected chi connectivity index (χ2v) is 9.33. The van der Waals surface area contributed by atoms with Crippen molar-refractivity contribution in [3.63, 3.8) is 0 Å². The molecule has 1 amide bonds. The van der Waals surface area contributed by atoms with Crippen molar-refractivity contribution >= 4 is 35.0 Å². The molecule has 192 valence electrons. The normalized spacial score (nSPS) is 10.7. The van der Waals surface area contributed by atoms with Crippen LogP contribution in [0, 0.1) is 0 Å². The Labute approximate surface area is 224 Å². The van der Waals surface area contributed by atoms with Crippen LogP contribution in [0.15, 0.2) is 71.9 Å². The molecule has 0 aliphatic rings. The fourth-order valence-electron chi connectivity index (χ4n) is 3.77. The van der Waals surface area contributed by atoms with Gasteiger partial charge in [-0.05, 0) is 48.4 Å². The molecule has 0 aliphatic carbocycles. The first-order chi connectivity index (χ1) is 18.0. The van der Waals surface area contributed by atoms with E-state index in [1.165, 1.54) is 17.3 Å². The van der Waals surface area contributed by atoms with Crippen molar-refractivity contribution in [3.8, 4) is 28.6 Å². The van der Waals surface area contributed by atoms with Crippen LogP contribution < -0.4 is 19.5 Å². The second-order valence-electron chi connectivity index (χ2n) is 7.95. The van der Waals surface area contributed by atoms with Gasteiger partial charge in [0, 0.05) is 22.8 Å². The van der Waals surface area contributed by atoms with Crippen molar-refractivity contribution in [2.75, 3.05) is 32.4 Å². The molecule has 0 saturated carbocycles. The van der Waals surface area contributed by atoms with E-state index in [1.807, 2.05) is 34.9 Å². The zero-order valence-corrected chi connectivity index (χ0v) is 22.3. The Morgan fingerprint density at radius 1 is 0.946 bits per heavy atom. The van der Waals surface area contributed by atoms with Crippen LogP contribution in [0.2, 0.25) is 5.02 Å². The zero-order chi connectivity index (χ0) is 26.2. The molecule has 1 aromatic heterocycles. The molecule has 0 bridgehead atoms. The number of aromatic nitrogens is 3. The monoisotopic (exact) mass is 538 g/mol. The summed E-state index contributed by atoms with van der Waals surface area (Å²) >= 11 is 7.25. The highest BCUT2D eigenvalue weighted by molar-refractivity contribution is 7.99. The van der Waals surface area contributed by atoms with Crippen molar-refractivity contribution in [1.29, 1.82) is 0 Å². The summed E-state index contributed by atoms with van der Waals surface area (Å²) in [5.74, 6) is 2.19. The molecule has 1 heterocycles. The molecule has 0 saturated heterocycles. The summed E-state index contributed by atoms with van der Waals surface area (Å²) in [6.45, 7) is 0.615. The summed E-state index contributed by atoms with van der Waals surface area (Å²) in [4.78, 5) is 12.6. The van der Waals surface area contributed by atoms with E-state index in [9.17, 15) is 4.79 Å². The number of hydrogen-bond donors (Lipinski definition) is 1. The van der Waals surface area contributed by atoms with E-state index in [0.717, 1.165) is 12.0 Å². The molecule has 1 N–H and O–H groups in total. The first-order valence-corrected chi connectivity index (χ1v) is 12.8. The Hall–Kier alpha value is -3.69. The zero-order valence-electron chi connectivity index (χ0n) is 20.7. The third-order valence-electron chi connectivity index (χ3n) is 5.57. The Balaban J connectivity index is 1.61. The summed E-state index contributed by atoms with van der Waals surface area (Å²) in [6, 6.07) is 20.8. The lowest BCUT2D eigenvalue weighted by atomic mass is 10.1. The van der Waals surface area contributed by atoms with Crippen molar-refractivity contribution in [2.24, 2.45) is 0 Å². The van der Waals surface area contributed by atoms with Crippen LogP contribution in [0.4, 0.5) is 5.69 Å². The molecule has 37 heavy (non-hydrogen) atoms. The Morgan fingerprint density at radius 2 is 1.62 bits per heavy atom. The lowest BCUT2D eigenvalue weighted by Crippen LogP contribution is -2.15. The van der Waals surface area contributed by atoms with Gasteiger partial charge in [0.15, 0.2) is 22.5 Å². The number of nitrogens with one attached hydrogen (secondary N) is 1. The van der Waals surface area contributed by atoms with E-state index in [-0.39, 0.29) is 11.7 Å². The molecule has 0 aliphatic heterocycles. The number of methoxy groups -OCH3 is 3. The van der Waals surface area contributed by atoms with Crippen molar-refractivity contribution in [2.45, 2.75) is 18.1 Å². The van der Waals surface area contributed by atoms with Gasteiger partial charge in [-0.25, -0.2) is 0 Å². The first-order valence-electron chi connectivity index (χ1n) is 11.5. The number of amides is 1. The number of thioether (sulfide) groups is 1. The van der Waals surface area contributed by atoms with Crippen LogP contribution in [-0.2, 0) is 17.8 Å². The third-order valence-corrected chi connectivity index (χ3v) is 6.79. The lowest BCUT2D eigenvalue weighted by Gasteiger charge is -2.15. The largest absolute Gasteiger partial charge is 0.493 e. The van der Waals surface area contributed by atoms with Gasteiger partial charge in [0.1, 0.15) is 0 Å².